The average Bonchev–Trinajstić information content (AvgIpc) is 3.62. The Bertz CT molecular complexity index is 1330. The molecule has 8 nitrogen and oxygen atoms in total. The number of carbonyl (C=O) groups is 1. The molecule has 2 saturated carbocycles. The lowest BCUT2D eigenvalue weighted by Gasteiger charge is -2.30. The SMILES string of the molecule is CC(OC(=O)Nc1ccc(-c2c(C#N)c3ccc(OCCC(=N)N)cc3n2C2CCC2)cc1)C1CC1. The molecule has 36 heavy (non-hydrogen) atoms. The monoisotopic (exact) mass is 485 g/mol. The van der Waals surface area contributed by atoms with E-state index in [0.29, 0.717) is 42.0 Å². The van der Waals surface area contributed by atoms with E-state index in [2.05, 4.69) is 16.0 Å². The van der Waals surface area contributed by atoms with Gasteiger partial charge in [0.15, 0.2) is 0 Å². The number of aromatic nitrogens is 1. The zero-order valence-electron chi connectivity index (χ0n) is 20.4. The summed E-state index contributed by atoms with van der Waals surface area (Å²) in [6.45, 7) is 2.27. The number of hydrogen-bond acceptors (Lipinski definition) is 5. The second-order valence-electron chi connectivity index (χ2n) is 9.74. The van der Waals surface area contributed by atoms with E-state index in [4.69, 9.17) is 20.6 Å². The minimum absolute atomic E-state index is 0.0722. The Balaban J connectivity index is 1.44. The molecule has 2 aromatic carbocycles. The van der Waals surface area contributed by atoms with Crippen molar-refractivity contribution < 1.29 is 14.3 Å². The van der Waals surface area contributed by atoms with E-state index in [1.807, 2.05) is 49.4 Å². The summed E-state index contributed by atoms with van der Waals surface area (Å²) in [5.41, 5.74) is 9.49. The number of carbonyl (C=O) groups excluding carboxylic acids is 1. The first-order valence-corrected chi connectivity index (χ1v) is 12.6. The van der Waals surface area contributed by atoms with Gasteiger partial charge in [-0.1, -0.05) is 12.1 Å². The van der Waals surface area contributed by atoms with Crippen LogP contribution < -0.4 is 15.8 Å². The molecule has 1 heterocycles. The minimum Gasteiger partial charge on any atom is -0.493 e. The number of amides is 1. The Hall–Kier alpha value is -3.99. The Kier molecular flexibility index (Phi) is 6.55. The van der Waals surface area contributed by atoms with Gasteiger partial charge in [-0.3, -0.25) is 10.7 Å². The van der Waals surface area contributed by atoms with Crippen molar-refractivity contribution in [3.63, 3.8) is 0 Å². The summed E-state index contributed by atoms with van der Waals surface area (Å²) in [7, 11) is 0. The fourth-order valence-electron chi connectivity index (χ4n) is 4.77. The largest absolute Gasteiger partial charge is 0.493 e. The standard InChI is InChI=1S/C28H31N5O3/c1-17(18-5-6-18)36-28(34)32-20-9-7-19(8-10-20)27-24(16-29)23-12-11-22(35-14-13-26(30)31)15-25(23)33(27)21-3-2-4-21/h7-12,15,17-18,21H,2-6,13-14H2,1H3,(H3,30,31)(H,32,34). The highest BCUT2D eigenvalue weighted by molar-refractivity contribution is 5.96. The zero-order valence-corrected chi connectivity index (χ0v) is 20.4. The number of rotatable bonds is 9. The number of anilines is 1. The van der Waals surface area contributed by atoms with Crippen LogP contribution in [0.15, 0.2) is 42.5 Å². The first-order chi connectivity index (χ1) is 17.4. The van der Waals surface area contributed by atoms with Gasteiger partial charge in [-0.15, -0.1) is 0 Å². The molecular formula is C28H31N5O3. The lowest BCUT2D eigenvalue weighted by Crippen LogP contribution is -2.21. The van der Waals surface area contributed by atoms with Gasteiger partial charge in [-0.25, -0.2) is 4.79 Å². The third kappa shape index (κ3) is 4.87. The van der Waals surface area contributed by atoms with Gasteiger partial charge >= 0.3 is 6.09 Å². The summed E-state index contributed by atoms with van der Waals surface area (Å²) in [6.07, 6.45) is 5.35. The number of nitriles is 1. The Labute approximate surface area is 210 Å². The van der Waals surface area contributed by atoms with Gasteiger partial charge in [0.05, 0.1) is 29.2 Å². The molecule has 4 N–H and O–H groups in total. The maximum atomic E-state index is 12.3. The number of amidine groups is 1. The van der Waals surface area contributed by atoms with Gasteiger partial charge in [0.1, 0.15) is 17.9 Å². The quantitative estimate of drug-likeness (QED) is 0.255. The first kappa shape index (κ1) is 23.7. The van der Waals surface area contributed by atoms with Crippen LogP contribution in [0, 0.1) is 22.7 Å². The Morgan fingerprint density at radius 3 is 2.58 bits per heavy atom. The molecule has 1 amide bonds. The van der Waals surface area contributed by atoms with Gasteiger partial charge in [0.2, 0.25) is 0 Å². The molecule has 0 radical (unpaired) electrons. The van der Waals surface area contributed by atoms with Crippen LogP contribution in [0.3, 0.4) is 0 Å². The number of ether oxygens (including phenoxy) is 2. The maximum absolute atomic E-state index is 12.3. The summed E-state index contributed by atoms with van der Waals surface area (Å²) >= 11 is 0. The van der Waals surface area contributed by atoms with E-state index in [9.17, 15) is 10.1 Å². The van der Waals surface area contributed by atoms with E-state index in [-0.39, 0.29) is 11.9 Å². The lowest BCUT2D eigenvalue weighted by atomic mass is 9.92. The predicted octanol–water partition coefficient (Wildman–Crippen LogP) is 5.96. The summed E-state index contributed by atoms with van der Waals surface area (Å²) in [5, 5.41) is 21.2. The molecule has 1 aromatic heterocycles. The molecule has 5 rings (SSSR count). The van der Waals surface area contributed by atoms with Crippen molar-refractivity contribution in [2.75, 3.05) is 11.9 Å². The summed E-state index contributed by atoms with van der Waals surface area (Å²) in [5.74, 6) is 1.26. The minimum atomic E-state index is -0.444. The molecule has 2 aliphatic rings. The number of nitrogens with zero attached hydrogens (tertiary/aromatic N) is 2. The molecule has 1 atom stereocenters. The summed E-state index contributed by atoms with van der Waals surface area (Å²) in [4.78, 5) is 12.3. The Morgan fingerprint density at radius 2 is 1.97 bits per heavy atom. The average molecular weight is 486 g/mol. The van der Waals surface area contributed by atoms with E-state index in [1.54, 1.807) is 0 Å². The summed E-state index contributed by atoms with van der Waals surface area (Å²) in [6, 6.07) is 16.1. The highest BCUT2D eigenvalue weighted by atomic mass is 16.6. The Morgan fingerprint density at radius 1 is 1.22 bits per heavy atom. The molecule has 3 aromatic rings. The van der Waals surface area contributed by atoms with Crippen LogP contribution in [0.2, 0.25) is 0 Å². The molecule has 0 saturated heterocycles. The number of nitrogens with one attached hydrogen (secondary N) is 2. The highest BCUT2D eigenvalue weighted by Crippen LogP contribution is 2.43. The first-order valence-electron chi connectivity index (χ1n) is 12.6. The lowest BCUT2D eigenvalue weighted by molar-refractivity contribution is 0.108. The van der Waals surface area contributed by atoms with Crippen molar-refractivity contribution in [3.8, 4) is 23.1 Å². The molecule has 0 spiro atoms. The van der Waals surface area contributed by atoms with Gasteiger partial charge in [0.25, 0.3) is 0 Å². The van der Waals surface area contributed by atoms with E-state index >= 15 is 0 Å². The van der Waals surface area contributed by atoms with Crippen LogP contribution in [0.25, 0.3) is 22.2 Å². The maximum Gasteiger partial charge on any atom is 0.411 e. The van der Waals surface area contributed by atoms with Gasteiger partial charge in [0, 0.05) is 29.6 Å². The normalized spacial score (nSPS) is 16.1. The number of benzene rings is 2. The van der Waals surface area contributed by atoms with Gasteiger partial charge < -0.3 is 19.8 Å². The molecule has 1 unspecified atom stereocenters. The van der Waals surface area contributed by atoms with E-state index < -0.39 is 6.09 Å². The topological polar surface area (TPSA) is 126 Å². The molecule has 2 fully saturated rings. The van der Waals surface area contributed by atoms with Crippen LogP contribution in [0.4, 0.5) is 10.5 Å². The van der Waals surface area contributed by atoms with E-state index in [1.165, 1.54) is 0 Å². The second-order valence-corrected chi connectivity index (χ2v) is 9.74. The van der Waals surface area contributed by atoms with Crippen LogP contribution in [-0.4, -0.2) is 29.2 Å². The van der Waals surface area contributed by atoms with Gasteiger partial charge in [-0.2, -0.15) is 5.26 Å². The number of hydrogen-bond donors (Lipinski definition) is 3. The molecule has 8 heteroatoms. The number of nitrogens with two attached hydrogens (primary N) is 1. The van der Waals surface area contributed by atoms with Crippen molar-refractivity contribution in [3.05, 3.63) is 48.0 Å². The van der Waals surface area contributed by atoms with Crippen molar-refractivity contribution >= 4 is 28.5 Å². The van der Waals surface area contributed by atoms with Gasteiger partial charge in [-0.05, 0) is 74.8 Å². The fraction of sp³-hybridized carbons (Fsp3) is 0.393. The molecule has 0 bridgehead atoms. The predicted molar refractivity (Wildman–Crippen MR) is 139 cm³/mol. The smallest absolute Gasteiger partial charge is 0.411 e. The fourth-order valence-corrected chi connectivity index (χ4v) is 4.77. The zero-order chi connectivity index (χ0) is 25.2. The van der Waals surface area contributed by atoms with Crippen LogP contribution in [0.1, 0.15) is 57.1 Å². The van der Waals surface area contributed by atoms with E-state index in [0.717, 1.165) is 54.3 Å². The second kappa shape index (κ2) is 9.94. The summed E-state index contributed by atoms with van der Waals surface area (Å²) < 4.78 is 13.6. The van der Waals surface area contributed by atoms with Crippen LogP contribution >= 0.6 is 0 Å². The molecule has 2 aliphatic carbocycles. The van der Waals surface area contributed by atoms with Crippen molar-refractivity contribution in [1.29, 1.82) is 10.7 Å². The third-order valence-corrected chi connectivity index (χ3v) is 7.15. The molecule has 0 aliphatic heterocycles. The number of fused-ring (bicyclic) bond motifs is 1. The van der Waals surface area contributed by atoms with Crippen molar-refractivity contribution in [2.24, 2.45) is 11.7 Å². The van der Waals surface area contributed by atoms with Crippen molar-refractivity contribution in [2.45, 2.75) is 57.6 Å². The molecule has 186 valence electrons. The highest BCUT2D eigenvalue weighted by Gasteiger charge is 2.31. The van der Waals surface area contributed by atoms with Crippen LogP contribution in [0.5, 0.6) is 5.75 Å². The third-order valence-electron chi connectivity index (χ3n) is 7.15. The van der Waals surface area contributed by atoms with Crippen molar-refractivity contribution in [1.82, 2.24) is 4.57 Å². The van der Waals surface area contributed by atoms with Crippen LogP contribution in [-0.2, 0) is 4.74 Å². The molecular weight excluding hydrogens is 454 g/mol.